The van der Waals surface area contributed by atoms with E-state index in [4.69, 9.17) is 0 Å². The number of aryl methyl sites for hydroxylation is 2. The molecule has 1 aliphatic heterocycles. The zero-order valence-corrected chi connectivity index (χ0v) is 12.3. The molecular formula is C12H22ClN5O. The molecule has 2 heterocycles. The maximum Gasteiger partial charge on any atom is 0.254 e. The lowest BCUT2D eigenvalue weighted by Gasteiger charge is -2.27. The van der Waals surface area contributed by atoms with E-state index >= 15 is 0 Å². The van der Waals surface area contributed by atoms with Gasteiger partial charge in [-0.05, 0) is 6.92 Å². The van der Waals surface area contributed by atoms with Gasteiger partial charge in [0.1, 0.15) is 0 Å². The summed E-state index contributed by atoms with van der Waals surface area (Å²) in [5, 5.41) is 10.4. The summed E-state index contributed by atoms with van der Waals surface area (Å²) < 4.78 is 1.67. The summed E-state index contributed by atoms with van der Waals surface area (Å²) in [7, 11) is 1.82. The quantitative estimate of drug-likeness (QED) is 0.804. The van der Waals surface area contributed by atoms with Crippen molar-refractivity contribution in [1.29, 1.82) is 0 Å². The van der Waals surface area contributed by atoms with Gasteiger partial charge in [0.25, 0.3) is 5.91 Å². The van der Waals surface area contributed by atoms with Gasteiger partial charge in [0.2, 0.25) is 0 Å². The number of amides is 1. The molecule has 6 nitrogen and oxygen atoms in total. The maximum atomic E-state index is 11.9. The molecule has 0 aromatic carbocycles. The van der Waals surface area contributed by atoms with E-state index in [2.05, 4.69) is 20.6 Å². The van der Waals surface area contributed by atoms with Crippen LogP contribution in [-0.2, 0) is 7.05 Å². The fraction of sp³-hybridized carbons (Fsp3) is 0.667. The van der Waals surface area contributed by atoms with Gasteiger partial charge in [0.05, 0.1) is 11.3 Å². The van der Waals surface area contributed by atoms with Crippen LogP contribution in [0.2, 0.25) is 0 Å². The summed E-state index contributed by atoms with van der Waals surface area (Å²) in [6.45, 7) is 7.64. The molecule has 7 heteroatoms. The number of hydrogen-bond donors (Lipinski definition) is 2. The Bertz CT molecular complexity index is 414. The maximum absolute atomic E-state index is 11.9. The molecule has 0 saturated carbocycles. The molecule has 0 spiro atoms. The molecule has 0 atom stereocenters. The Morgan fingerprint density at radius 1 is 1.47 bits per heavy atom. The minimum absolute atomic E-state index is 0. The molecule has 1 aliphatic rings. The Morgan fingerprint density at radius 2 is 2.16 bits per heavy atom. The molecule has 1 amide bonds. The number of carbonyl (C=O) groups is 1. The lowest BCUT2D eigenvalue weighted by Crippen LogP contribution is -2.46. The van der Waals surface area contributed by atoms with Crippen LogP contribution in [-0.4, -0.2) is 59.9 Å². The van der Waals surface area contributed by atoms with Gasteiger partial charge in [-0.2, -0.15) is 5.10 Å². The average Bonchev–Trinajstić information content (AvgIpc) is 2.70. The van der Waals surface area contributed by atoms with Crippen LogP contribution in [0.4, 0.5) is 0 Å². The number of aromatic nitrogens is 2. The lowest BCUT2D eigenvalue weighted by molar-refractivity contribution is 0.0946. The van der Waals surface area contributed by atoms with E-state index in [1.165, 1.54) is 0 Å². The molecule has 2 rings (SSSR count). The number of rotatable bonds is 4. The first kappa shape index (κ1) is 15.9. The molecule has 0 radical (unpaired) electrons. The summed E-state index contributed by atoms with van der Waals surface area (Å²) in [6.07, 6.45) is 1.76. The van der Waals surface area contributed by atoms with Gasteiger partial charge in [-0.1, -0.05) is 0 Å². The van der Waals surface area contributed by atoms with Gasteiger partial charge in [0.15, 0.2) is 0 Å². The van der Waals surface area contributed by atoms with Gasteiger partial charge in [-0.15, -0.1) is 12.4 Å². The van der Waals surface area contributed by atoms with Crippen molar-refractivity contribution in [1.82, 2.24) is 25.3 Å². The van der Waals surface area contributed by atoms with E-state index in [-0.39, 0.29) is 18.3 Å². The second-order valence-electron chi connectivity index (χ2n) is 4.65. The summed E-state index contributed by atoms with van der Waals surface area (Å²) in [4.78, 5) is 14.3. The van der Waals surface area contributed by atoms with Crippen LogP contribution in [0.25, 0.3) is 0 Å². The zero-order chi connectivity index (χ0) is 13.0. The summed E-state index contributed by atoms with van der Waals surface area (Å²) in [6, 6.07) is 0. The third-order valence-electron chi connectivity index (χ3n) is 3.18. The monoisotopic (exact) mass is 287 g/mol. The third-order valence-corrected chi connectivity index (χ3v) is 3.18. The van der Waals surface area contributed by atoms with E-state index < -0.39 is 0 Å². The number of halogens is 1. The molecule has 108 valence electrons. The highest BCUT2D eigenvalue weighted by Gasteiger charge is 2.13. The Hall–Kier alpha value is -1.11. The van der Waals surface area contributed by atoms with Crippen LogP contribution >= 0.6 is 12.4 Å². The van der Waals surface area contributed by atoms with Crippen molar-refractivity contribution < 1.29 is 4.79 Å². The van der Waals surface area contributed by atoms with Gasteiger partial charge in [0, 0.05) is 52.5 Å². The van der Waals surface area contributed by atoms with Crippen molar-refractivity contribution in [3.63, 3.8) is 0 Å². The Morgan fingerprint density at radius 3 is 2.74 bits per heavy atom. The zero-order valence-electron chi connectivity index (χ0n) is 11.5. The Labute approximate surface area is 119 Å². The van der Waals surface area contributed by atoms with Gasteiger partial charge in [-0.25, -0.2) is 0 Å². The van der Waals surface area contributed by atoms with Crippen molar-refractivity contribution in [2.75, 3.05) is 39.3 Å². The molecule has 0 bridgehead atoms. The summed E-state index contributed by atoms with van der Waals surface area (Å²) in [5.74, 6) is -0.0317. The van der Waals surface area contributed by atoms with E-state index in [9.17, 15) is 4.79 Å². The van der Waals surface area contributed by atoms with Crippen LogP contribution in [0.3, 0.4) is 0 Å². The smallest absolute Gasteiger partial charge is 0.254 e. The average molecular weight is 288 g/mol. The molecule has 2 N–H and O–H groups in total. The second kappa shape index (κ2) is 7.47. The molecule has 1 aromatic rings. The Kier molecular flexibility index (Phi) is 6.27. The predicted molar refractivity (Wildman–Crippen MR) is 76.8 cm³/mol. The van der Waals surface area contributed by atoms with Gasteiger partial charge < -0.3 is 10.6 Å². The molecule has 0 aliphatic carbocycles. The van der Waals surface area contributed by atoms with E-state index in [0.29, 0.717) is 12.1 Å². The van der Waals surface area contributed by atoms with Crippen molar-refractivity contribution in [2.45, 2.75) is 6.92 Å². The van der Waals surface area contributed by atoms with Crippen molar-refractivity contribution in [3.05, 3.63) is 17.5 Å². The highest BCUT2D eigenvalue weighted by molar-refractivity contribution is 5.94. The van der Waals surface area contributed by atoms with Crippen LogP contribution in [0, 0.1) is 6.92 Å². The fourth-order valence-electron chi connectivity index (χ4n) is 2.18. The van der Waals surface area contributed by atoms with Crippen LogP contribution in [0.5, 0.6) is 0 Å². The fourth-order valence-corrected chi connectivity index (χ4v) is 2.18. The number of hydrogen-bond acceptors (Lipinski definition) is 4. The molecule has 1 saturated heterocycles. The molecule has 1 aromatic heterocycles. The number of piperazine rings is 1. The normalized spacial score (nSPS) is 15.9. The minimum atomic E-state index is -0.0317. The van der Waals surface area contributed by atoms with Crippen LogP contribution in [0.1, 0.15) is 16.1 Å². The van der Waals surface area contributed by atoms with Gasteiger partial charge in [-0.3, -0.25) is 14.4 Å². The summed E-state index contributed by atoms with van der Waals surface area (Å²) >= 11 is 0. The molecular weight excluding hydrogens is 266 g/mol. The largest absolute Gasteiger partial charge is 0.351 e. The van der Waals surface area contributed by atoms with Crippen molar-refractivity contribution in [3.8, 4) is 0 Å². The SMILES string of the molecule is Cc1nn(C)cc1C(=O)NCCN1CCNCC1.Cl. The number of nitrogens with zero attached hydrogens (tertiary/aromatic N) is 3. The molecule has 1 fully saturated rings. The summed E-state index contributed by atoms with van der Waals surface area (Å²) in [5.41, 5.74) is 1.44. The highest BCUT2D eigenvalue weighted by atomic mass is 35.5. The molecule has 19 heavy (non-hydrogen) atoms. The first-order chi connectivity index (χ1) is 8.66. The first-order valence-corrected chi connectivity index (χ1v) is 6.38. The molecule has 0 unspecified atom stereocenters. The first-order valence-electron chi connectivity index (χ1n) is 6.38. The highest BCUT2D eigenvalue weighted by Crippen LogP contribution is 2.03. The van der Waals surface area contributed by atoms with Crippen LogP contribution < -0.4 is 10.6 Å². The standard InChI is InChI=1S/C12H21N5O.ClH/c1-10-11(9-16(2)15-10)12(18)14-5-8-17-6-3-13-4-7-17;/h9,13H,3-8H2,1-2H3,(H,14,18);1H. The van der Waals surface area contributed by atoms with Crippen molar-refractivity contribution in [2.24, 2.45) is 7.05 Å². The van der Waals surface area contributed by atoms with E-state index in [1.54, 1.807) is 10.9 Å². The van der Waals surface area contributed by atoms with Gasteiger partial charge >= 0.3 is 0 Å². The van der Waals surface area contributed by atoms with E-state index in [1.807, 2.05) is 14.0 Å². The lowest BCUT2D eigenvalue weighted by atomic mass is 10.2. The number of carbonyl (C=O) groups excluding carboxylic acids is 1. The minimum Gasteiger partial charge on any atom is -0.351 e. The third kappa shape index (κ3) is 4.49. The topological polar surface area (TPSA) is 62.2 Å². The van der Waals surface area contributed by atoms with Crippen LogP contribution in [0.15, 0.2) is 6.20 Å². The Balaban J connectivity index is 0.00000180. The van der Waals surface area contributed by atoms with E-state index in [0.717, 1.165) is 38.4 Å². The van der Waals surface area contributed by atoms with Crippen molar-refractivity contribution >= 4 is 18.3 Å². The predicted octanol–water partition coefficient (Wildman–Crippen LogP) is -0.215. The number of nitrogens with one attached hydrogen (secondary N) is 2. The second-order valence-corrected chi connectivity index (χ2v) is 4.65.